The lowest BCUT2D eigenvalue weighted by Crippen LogP contribution is -2.42. The molecular formula is C15H23N3O2. The Balaban J connectivity index is 1.87. The second-order valence-corrected chi connectivity index (χ2v) is 5.52. The largest absolute Gasteiger partial charge is 0.475 e. The molecule has 110 valence electrons. The van der Waals surface area contributed by atoms with Gasteiger partial charge in [-0.3, -0.25) is 4.79 Å². The zero-order valence-corrected chi connectivity index (χ0v) is 12.3. The Kier molecular flexibility index (Phi) is 4.95. The van der Waals surface area contributed by atoms with E-state index >= 15 is 0 Å². The molecule has 1 aliphatic carbocycles. The fraction of sp³-hybridized carbons (Fsp3) is 0.600. The van der Waals surface area contributed by atoms with Crippen LogP contribution >= 0.6 is 0 Å². The molecule has 1 atom stereocenters. The number of rotatable bonds is 7. The maximum atomic E-state index is 11.9. The van der Waals surface area contributed by atoms with Crippen LogP contribution in [0.25, 0.3) is 0 Å². The highest BCUT2D eigenvalue weighted by Gasteiger charge is 2.25. The second-order valence-electron chi connectivity index (χ2n) is 5.52. The molecular weight excluding hydrogens is 254 g/mol. The fourth-order valence-electron chi connectivity index (χ4n) is 1.80. The molecule has 1 amide bonds. The Labute approximate surface area is 120 Å². The molecule has 0 aliphatic heterocycles. The highest BCUT2D eigenvalue weighted by atomic mass is 16.5. The van der Waals surface area contributed by atoms with E-state index in [1.807, 2.05) is 32.9 Å². The number of aromatic nitrogens is 1. The van der Waals surface area contributed by atoms with Gasteiger partial charge in [-0.2, -0.15) is 0 Å². The first-order valence-electron chi connectivity index (χ1n) is 7.20. The number of nitrogens with zero attached hydrogens (tertiary/aromatic N) is 1. The first kappa shape index (κ1) is 14.8. The SMILES string of the molecule is CC(C)Oc1ncccc1CNC(C)C(=O)NC1CC1. The molecule has 1 unspecified atom stereocenters. The van der Waals surface area contributed by atoms with Crippen LogP contribution in [-0.2, 0) is 11.3 Å². The normalized spacial score (nSPS) is 16.0. The summed E-state index contributed by atoms with van der Waals surface area (Å²) in [5, 5.41) is 6.20. The smallest absolute Gasteiger partial charge is 0.237 e. The van der Waals surface area contributed by atoms with Gasteiger partial charge in [0, 0.05) is 24.3 Å². The molecule has 1 aromatic heterocycles. The molecule has 1 aliphatic rings. The molecule has 0 spiro atoms. The van der Waals surface area contributed by atoms with Gasteiger partial charge in [-0.05, 0) is 39.7 Å². The van der Waals surface area contributed by atoms with Crippen molar-refractivity contribution in [2.24, 2.45) is 0 Å². The van der Waals surface area contributed by atoms with E-state index in [2.05, 4.69) is 15.6 Å². The first-order valence-corrected chi connectivity index (χ1v) is 7.20. The minimum Gasteiger partial charge on any atom is -0.475 e. The quantitative estimate of drug-likeness (QED) is 0.795. The van der Waals surface area contributed by atoms with Crippen molar-refractivity contribution < 1.29 is 9.53 Å². The van der Waals surface area contributed by atoms with Gasteiger partial charge in [0.05, 0.1) is 12.1 Å². The van der Waals surface area contributed by atoms with Crippen LogP contribution in [0.3, 0.4) is 0 Å². The number of carbonyl (C=O) groups excluding carboxylic acids is 1. The molecule has 0 bridgehead atoms. The van der Waals surface area contributed by atoms with Gasteiger partial charge in [0.15, 0.2) is 0 Å². The lowest BCUT2D eigenvalue weighted by atomic mass is 10.2. The van der Waals surface area contributed by atoms with E-state index in [0.717, 1.165) is 18.4 Å². The van der Waals surface area contributed by atoms with Gasteiger partial charge in [0.1, 0.15) is 0 Å². The summed E-state index contributed by atoms with van der Waals surface area (Å²) in [6.07, 6.45) is 4.00. The molecule has 5 heteroatoms. The summed E-state index contributed by atoms with van der Waals surface area (Å²) in [4.78, 5) is 16.1. The van der Waals surface area contributed by atoms with Crippen molar-refractivity contribution in [2.75, 3.05) is 0 Å². The molecule has 0 saturated heterocycles. The molecule has 0 aromatic carbocycles. The Bertz CT molecular complexity index is 458. The Morgan fingerprint density at radius 1 is 1.45 bits per heavy atom. The predicted molar refractivity (Wildman–Crippen MR) is 77.5 cm³/mol. The molecule has 1 saturated carbocycles. The fourth-order valence-corrected chi connectivity index (χ4v) is 1.80. The van der Waals surface area contributed by atoms with E-state index in [0.29, 0.717) is 18.5 Å². The number of carbonyl (C=O) groups is 1. The summed E-state index contributed by atoms with van der Waals surface area (Å²) in [5.74, 6) is 0.688. The van der Waals surface area contributed by atoms with E-state index in [1.165, 1.54) is 0 Å². The second kappa shape index (κ2) is 6.70. The molecule has 0 radical (unpaired) electrons. The summed E-state index contributed by atoms with van der Waals surface area (Å²) in [6, 6.07) is 4.01. The van der Waals surface area contributed by atoms with Crippen molar-refractivity contribution >= 4 is 5.91 Å². The summed E-state index contributed by atoms with van der Waals surface area (Å²) in [7, 11) is 0. The highest BCUT2D eigenvalue weighted by Crippen LogP contribution is 2.19. The van der Waals surface area contributed by atoms with Crippen LogP contribution in [-0.4, -0.2) is 29.1 Å². The minimum absolute atomic E-state index is 0.0581. The van der Waals surface area contributed by atoms with Gasteiger partial charge >= 0.3 is 0 Å². The van der Waals surface area contributed by atoms with Crippen LogP contribution in [0, 0.1) is 0 Å². The van der Waals surface area contributed by atoms with E-state index in [9.17, 15) is 4.79 Å². The predicted octanol–water partition coefficient (Wildman–Crippen LogP) is 1.63. The maximum absolute atomic E-state index is 11.9. The first-order chi connectivity index (χ1) is 9.56. The Morgan fingerprint density at radius 2 is 2.20 bits per heavy atom. The topological polar surface area (TPSA) is 63.2 Å². The maximum Gasteiger partial charge on any atom is 0.237 e. The number of hydrogen-bond acceptors (Lipinski definition) is 4. The van der Waals surface area contributed by atoms with Crippen LogP contribution in [0.15, 0.2) is 18.3 Å². The third-order valence-corrected chi connectivity index (χ3v) is 3.11. The highest BCUT2D eigenvalue weighted by molar-refractivity contribution is 5.81. The molecule has 5 nitrogen and oxygen atoms in total. The van der Waals surface area contributed by atoms with Crippen LogP contribution in [0.1, 0.15) is 39.2 Å². The van der Waals surface area contributed by atoms with Crippen LogP contribution in [0.2, 0.25) is 0 Å². The van der Waals surface area contributed by atoms with Crippen LogP contribution in [0.4, 0.5) is 0 Å². The molecule has 1 fully saturated rings. The van der Waals surface area contributed by atoms with Crippen molar-refractivity contribution in [1.82, 2.24) is 15.6 Å². The van der Waals surface area contributed by atoms with Gasteiger partial charge in [-0.15, -0.1) is 0 Å². The zero-order chi connectivity index (χ0) is 14.5. The zero-order valence-electron chi connectivity index (χ0n) is 12.3. The number of nitrogens with one attached hydrogen (secondary N) is 2. The van der Waals surface area contributed by atoms with Gasteiger partial charge in [0.2, 0.25) is 11.8 Å². The Hall–Kier alpha value is -1.62. The van der Waals surface area contributed by atoms with Crippen LogP contribution in [0.5, 0.6) is 5.88 Å². The standard InChI is InChI=1S/C15H23N3O2/c1-10(2)20-15-12(5-4-8-16-15)9-17-11(3)14(19)18-13-6-7-13/h4-5,8,10-11,13,17H,6-7,9H2,1-3H3,(H,18,19). The summed E-state index contributed by atoms with van der Waals surface area (Å²) in [5.41, 5.74) is 0.965. The van der Waals surface area contributed by atoms with E-state index in [1.54, 1.807) is 6.20 Å². The van der Waals surface area contributed by atoms with E-state index in [-0.39, 0.29) is 18.1 Å². The minimum atomic E-state index is -0.220. The van der Waals surface area contributed by atoms with Gasteiger partial charge < -0.3 is 15.4 Å². The van der Waals surface area contributed by atoms with Crippen molar-refractivity contribution in [3.05, 3.63) is 23.9 Å². The van der Waals surface area contributed by atoms with Crippen molar-refractivity contribution in [3.63, 3.8) is 0 Å². The lowest BCUT2D eigenvalue weighted by molar-refractivity contribution is -0.122. The average Bonchev–Trinajstić information content (AvgIpc) is 3.20. The number of hydrogen-bond donors (Lipinski definition) is 2. The summed E-state index contributed by atoms with van der Waals surface area (Å²) in [6.45, 7) is 6.38. The molecule has 1 heterocycles. The van der Waals surface area contributed by atoms with Crippen molar-refractivity contribution in [1.29, 1.82) is 0 Å². The van der Waals surface area contributed by atoms with Crippen LogP contribution < -0.4 is 15.4 Å². The lowest BCUT2D eigenvalue weighted by Gasteiger charge is -2.16. The number of amides is 1. The van der Waals surface area contributed by atoms with E-state index in [4.69, 9.17) is 4.74 Å². The third kappa shape index (κ3) is 4.49. The van der Waals surface area contributed by atoms with Crippen molar-refractivity contribution in [2.45, 2.75) is 58.3 Å². The monoisotopic (exact) mass is 277 g/mol. The molecule has 20 heavy (non-hydrogen) atoms. The van der Waals surface area contributed by atoms with Gasteiger partial charge in [0.25, 0.3) is 0 Å². The third-order valence-electron chi connectivity index (χ3n) is 3.11. The van der Waals surface area contributed by atoms with Gasteiger partial charge in [-0.1, -0.05) is 6.07 Å². The van der Waals surface area contributed by atoms with Gasteiger partial charge in [-0.25, -0.2) is 4.98 Å². The van der Waals surface area contributed by atoms with E-state index < -0.39 is 0 Å². The average molecular weight is 277 g/mol. The molecule has 2 rings (SSSR count). The summed E-state index contributed by atoms with van der Waals surface area (Å²) < 4.78 is 5.66. The van der Waals surface area contributed by atoms with Crippen molar-refractivity contribution in [3.8, 4) is 5.88 Å². The number of ether oxygens (including phenoxy) is 1. The molecule has 2 N–H and O–H groups in total. The molecule has 1 aromatic rings. The summed E-state index contributed by atoms with van der Waals surface area (Å²) >= 11 is 0. The number of pyridine rings is 1. The Morgan fingerprint density at radius 3 is 2.85 bits per heavy atom.